The Morgan fingerprint density at radius 1 is 1.35 bits per heavy atom. The average Bonchev–Trinajstić information content (AvgIpc) is 2.34. The van der Waals surface area contributed by atoms with Crippen LogP contribution in [0.3, 0.4) is 0 Å². The molecule has 1 aliphatic heterocycles. The normalized spacial score (nSPS) is 22.1. The predicted molar refractivity (Wildman–Crippen MR) is 81.1 cm³/mol. The van der Waals surface area contributed by atoms with E-state index < -0.39 is 9.84 Å². The largest absolute Gasteiger partial charge is 0.342 e. The van der Waals surface area contributed by atoms with Crippen molar-refractivity contribution in [3.05, 3.63) is 0 Å². The Bertz CT molecular complexity index is 418. The number of rotatable bonds is 6. The molecule has 1 saturated heterocycles. The fourth-order valence-electron chi connectivity index (χ4n) is 2.66. The van der Waals surface area contributed by atoms with E-state index in [-0.39, 0.29) is 35.8 Å². The van der Waals surface area contributed by atoms with Gasteiger partial charge in [0.1, 0.15) is 0 Å². The Morgan fingerprint density at radius 2 is 2.00 bits per heavy atom. The molecular weight excluding hydrogens is 276 g/mol. The number of carbonyl (C=O) groups excluding carboxylic acids is 1. The summed E-state index contributed by atoms with van der Waals surface area (Å²) in [5.74, 6) is 0.502. The van der Waals surface area contributed by atoms with Crippen LogP contribution in [-0.2, 0) is 14.6 Å². The Kier molecular flexibility index (Phi) is 6.45. The molecule has 0 radical (unpaired) electrons. The van der Waals surface area contributed by atoms with E-state index in [9.17, 15) is 13.2 Å². The van der Waals surface area contributed by atoms with Gasteiger partial charge in [-0.3, -0.25) is 4.79 Å². The van der Waals surface area contributed by atoms with E-state index in [0.29, 0.717) is 12.5 Å². The highest BCUT2D eigenvalue weighted by molar-refractivity contribution is 7.91. The maximum absolute atomic E-state index is 12.1. The Morgan fingerprint density at radius 3 is 2.55 bits per heavy atom. The summed E-state index contributed by atoms with van der Waals surface area (Å²) in [5.41, 5.74) is 5.89. The number of nitrogens with two attached hydrogens (primary N) is 1. The van der Waals surface area contributed by atoms with Gasteiger partial charge in [0.05, 0.1) is 11.5 Å². The number of sulfone groups is 1. The molecule has 0 bridgehead atoms. The van der Waals surface area contributed by atoms with E-state index in [2.05, 4.69) is 0 Å². The number of likely N-dealkylation sites (tertiary alicyclic amines) is 1. The molecule has 1 aliphatic rings. The second-order valence-electron chi connectivity index (χ2n) is 6.36. The van der Waals surface area contributed by atoms with Crippen LogP contribution in [0.5, 0.6) is 0 Å². The maximum Gasteiger partial charge on any atom is 0.223 e. The standard InChI is InChI=1S/C14H28N2O3S/c1-11(2)10-20(18,19)8-6-14(17)16-7-4-5-13(9-16)12(3)15/h11-13H,4-10,15H2,1-3H3. The number of hydrogen-bond donors (Lipinski definition) is 1. The van der Waals surface area contributed by atoms with Gasteiger partial charge in [0, 0.05) is 25.6 Å². The second-order valence-corrected chi connectivity index (χ2v) is 8.59. The van der Waals surface area contributed by atoms with E-state index in [1.54, 1.807) is 4.90 Å². The Balaban J connectivity index is 2.46. The fourth-order valence-corrected chi connectivity index (χ4v) is 4.33. The van der Waals surface area contributed by atoms with Crippen molar-refractivity contribution in [2.24, 2.45) is 17.6 Å². The van der Waals surface area contributed by atoms with Gasteiger partial charge in [-0.05, 0) is 31.6 Å². The predicted octanol–water partition coefficient (Wildman–Crippen LogP) is 1.03. The van der Waals surface area contributed by atoms with Crippen LogP contribution in [0.25, 0.3) is 0 Å². The Hall–Kier alpha value is -0.620. The first-order chi connectivity index (χ1) is 9.21. The van der Waals surface area contributed by atoms with Crippen molar-refractivity contribution in [2.75, 3.05) is 24.6 Å². The highest BCUT2D eigenvalue weighted by atomic mass is 32.2. The minimum absolute atomic E-state index is 0.0383. The topological polar surface area (TPSA) is 80.5 Å². The quantitative estimate of drug-likeness (QED) is 0.795. The van der Waals surface area contributed by atoms with Crippen molar-refractivity contribution >= 4 is 15.7 Å². The molecule has 0 spiro atoms. The maximum atomic E-state index is 12.1. The lowest BCUT2D eigenvalue weighted by molar-refractivity contribution is -0.132. The summed E-state index contributed by atoms with van der Waals surface area (Å²) in [7, 11) is -3.12. The summed E-state index contributed by atoms with van der Waals surface area (Å²) in [4.78, 5) is 13.9. The average molecular weight is 304 g/mol. The summed E-state index contributed by atoms with van der Waals surface area (Å²) in [6, 6.07) is 0.0790. The first-order valence-electron chi connectivity index (χ1n) is 7.45. The molecule has 1 fully saturated rings. The molecule has 118 valence electrons. The van der Waals surface area contributed by atoms with Crippen LogP contribution in [0.2, 0.25) is 0 Å². The Labute approximate surface area is 122 Å². The third-order valence-electron chi connectivity index (χ3n) is 3.77. The van der Waals surface area contributed by atoms with Gasteiger partial charge >= 0.3 is 0 Å². The number of carbonyl (C=O) groups is 1. The van der Waals surface area contributed by atoms with E-state index in [0.717, 1.165) is 19.4 Å². The molecule has 20 heavy (non-hydrogen) atoms. The van der Waals surface area contributed by atoms with Crippen molar-refractivity contribution < 1.29 is 13.2 Å². The van der Waals surface area contributed by atoms with Crippen LogP contribution in [0.4, 0.5) is 0 Å². The third kappa shape index (κ3) is 5.79. The lowest BCUT2D eigenvalue weighted by Crippen LogP contribution is -2.45. The highest BCUT2D eigenvalue weighted by Crippen LogP contribution is 2.19. The summed E-state index contributed by atoms with van der Waals surface area (Å²) in [6.07, 6.45) is 2.10. The van der Waals surface area contributed by atoms with Crippen molar-refractivity contribution in [1.29, 1.82) is 0 Å². The third-order valence-corrected chi connectivity index (χ3v) is 5.77. The molecule has 0 saturated carbocycles. The van der Waals surface area contributed by atoms with Gasteiger partial charge in [0.25, 0.3) is 0 Å². The minimum atomic E-state index is -3.12. The van der Waals surface area contributed by atoms with Crippen LogP contribution < -0.4 is 5.73 Å². The number of amides is 1. The first kappa shape index (κ1) is 17.4. The highest BCUT2D eigenvalue weighted by Gasteiger charge is 2.26. The van der Waals surface area contributed by atoms with Gasteiger partial charge in [-0.1, -0.05) is 13.8 Å². The fraction of sp³-hybridized carbons (Fsp3) is 0.929. The molecule has 2 unspecified atom stereocenters. The summed E-state index contributed by atoms with van der Waals surface area (Å²) in [5, 5.41) is 0. The summed E-state index contributed by atoms with van der Waals surface area (Å²) in [6.45, 7) is 7.10. The lowest BCUT2D eigenvalue weighted by Gasteiger charge is -2.34. The van der Waals surface area contributed by atoms with Crippen molar-refractivity contribution in [1.82, 2.24) is 4.90 Å². The van der Waals surface area contributed by atoms with E-state index in [1.807, 2.05) is 20.8 Å². The SMILES string of the molecule is CC(C)CS(=O)(=O)CCC(=O)N1CCCC(C(C)N)C1. The second kappa shape index (κ2) is 7.41. The van der Waals surface area contributed by atoms with Gasteiger partial charge in [0.2, 0.25) is 5.91 Å². The van der Waals surface area contributed by atoms with Gasteiger partial charge in [0.15, 0.2) is 9.84 Å². The van der Waals surface area contributed by atoms with Crippen molar-refractivity contribution in [3.63, 3.8) is 0 Å². The van der Waals surface area contributed by atoms with E-state index in [1.165, 1.54) is 0 Å². The smallest absolute Gasteiger partial charge is 0.223 e. The molecule has 0 aromatic heterocycles. The molecule has 5 nitrogen and oxygen atoms in total. The van der Waals surface area contributed by atoms with Crippen molar-refractivity contribution in [3.8, 4) is 0 Å². The van der Waals surface area contributed by atoms with Crippen LogP contribution >= 0.6 is 0 Å². The zero-order valence-corrected chi connectivity index (χ0v) is 13.7. The zero-order chi connectivity index (χ0) is 15.3. The molecule has 1 rings (SSSR count). The molecule has 0 aromatic carbocycles. The molecular formula is C14H28N2O3S. The van der Waals surface area contributed by atoms with Crippen molar-refractivity contribution in [2.45, 2.75) is 46.1 Å². The van der Waals surface area contributed by atoms with Gasteiger partial charge in [-0.15, -0.1) is 0 Å². The number of nitrogens with zero attached hydrogens (tertiary/aromatic N) is 1. The zero-order valence-electron chi connectivity index (χ0n) is 12.8. The first-order valence-corrected chi connectivity index (χ1v) is 9.27. The van der Waals surface area contributed by atoms with Crippen LogP contribution in [0.1, 0.15) is 40.0 Å². The van der Waals surface area contributed by atoms with Crippen LogP contribution in [-0.4, -0.2) is 49.9 Å². The van der Waals surface area contributed by atoms with Gasteiger partial charge < -0.3 is 10.6 Å². The number of hydrogen-bond acceptors (Lipinski definition) is 4. The monoisotopic (exact) mass is 304 g/mol. The number of piperidine rings is 1. The van der Waals surface area contributed by atoms with E-state index >= 15 is 0 Å². The molecule has 1 amide bonds. The van der Waals surface area contributed by atoms with Gasteiger partial charge in [-0.2, -0.15) is 0 Å². The molecule has 1 heterocycles. The lowest BCUT2D eigenvalue weighted by atomic mass is 9.92. The summed E-state index contributed by atoms with van der Waals surface area (Å²) >= 11 is 0. The molecule has 2 atom stereocenters. The van der Waals surface area contributed by atoms with Crippen LogP contribution in [0, 0.1) is 11.8 Å². The summed E-state index contributed by atoms with van der Waals surface area (Å²) < 4.78 is 23.6. The van der Waals surface area contributed by atoms with Gasteiger partial charge in [-0.25, -0.2) is 8.42 Å². The molecule has 2 N–H and O–H groups in total. The molecule has 0 aliphatic carbocycles. The molecule has 6 heteroatoms. The van der Waals surface area contributed by atoms with Crippen LogP contribution in [0.15, 0.2) is 0 Å². The minimum Gasteiger partial charge on any atom is -0.342 e. The molecule has 0 aromatic rings. The van der Waals surface area contributed by atoms with E-state index in [4.69, 9.17) is 5.73 Å².